The highest BCUT2D eigenvalue weighted by atomic mass is 15.1. The highest BCUT2D eigenvalue weighted by molar-refractivity contribution is 6.05. The third kappa shape index (κ3) is 1.56. The summed E-state index contributed by atoms with van der Waals surface area (Å²) in [6.07, 6.45) is 6.86. The summed E-state index contributed by atoms with van der Waals surface area (Å²) < 4.78 is 0. The van der Waals surface area contributed by atoms with Crippen LogP contribution in [0.4, 0.5) is 11.4 Å². The number of benzene rings is 2. The van der Waals surface area contributed by atoms with Crippen LogP contribution in [0.25, 0.3) is 11.1 Å². The van der Waals surface area contributed by atoms with Gasteiger partial charge in [-0.25, -0.2) is 0 Å². The third-order valence-corrected chi connectivity index (χ3v) is 4.32. The number of rotatable bonds is 0. The van der Waals surface area contributed by atoms with Crippen molar-refractivity contribution in [2.24, 2.45) is 0 Å². The van der Waals surface area contributed by atoms with E-state index in [1.165, 1.54) is 33.6 Å². The van der Waals surface area contributed by atoms with Crippen molar-refractivity contribution in [2.45, 2.75) is 12.8 Å². The Bertz CT molecular complexity index is 737. The zero-order valence-electron chi connectivity index (χ0n) is 11.6. The zero-order valence-corrected chi connectivity index (χ0v) is 11.6. The third-order valence-electron chi connectivity index (χ3n) is 4.32. The monoisotopic (exact) mass is 259 g/mol. The van der Waals surface area contributed by atoms with E-state index in [1.54, 1.807) is 0 Å². The molecule has 0 radical (unpaired) electrons. The number of para-hydroxylation sites is 2. The molecule has 2 aromatic carbocycles. The predicted octanol–water partition coefficient (Wildman–Crippen LogP) is 5.03. The molecule has 0 N–H and O–H groups in total. The highest BCUT2D eigenvalue weighted by Crippen LogP contribution is 2.45. The van der Waals surface area contributed by atoms with E-state index in [9.17, 15) is 0 Å². The molecule has 4 rings (SSSR count). The first kappa shape index (κ1) is 11.5. The van der Waals surface area contributed by atoms with Crippen molar-refractivity contribution in [3.63, 3.8) is 0 Å². The summed E-state index contributed by atoms with van der Waals surface area (Å²) in [4.78, 5) is 2.32. The van der Waals surface area contributed by atoms with Gasteiger partial charge < -0.3 is 4.90 Å². The maximum Gasteiger partial charge on any atom is 0.0488 e. The lowest BCUT2D eigenvalue weighted by atomic mass is 9.88. The van der Waals surface area contributed by atoms with Crippen LogP contribution in [0.1, 0.15) is 24.0 Å². The molecular formula is C19H17N. The van der Waals surface area contributed by atoms with Gasteiger partial charge in [-0.05, 0) is 36.1 Å². The molecule has 1 nitrogen and oxygen atoms in total. The van der Waals surface area contributed by atoms with Crippen molar-refractivity contribution in [2.75, 3.05) is 11.9 Å². The molecule has 0 unspecified atom stereocenters. The van der Waals surface area contributed by atoms with Crippen LogP contribution in [0.15, 0.2) is 60.7 Å². The van der Waals surface area contributed by atoms with E-state index in [0.29, 0.717) is 0 Å². The van der Waals surface area contributed by atoms with Crippen LogP contribution >= 0.6 is 0 Å². The quantitative estimate of drug-likeness (QED) is 0.641. The Morgan fingerprint density at radius 3 is 2.30 bits per heavy atom. The van der Waals surface area contributed by atoms with Gasteiger partial charge in [-0.1, -0.05) is 48.6 Å². The fourth-order valence-electron chi connectivity index (χ4n) is 3.34. The molecule has 20 heavy (non-hydrogen) atoms. The highest BCUT2D eigenvalue weighted by Gasteiger charge is 2.23. The topological polar surface area (TPSA) is 3.24 Å². The van der Waals surface area contributed by atoms with Crippen LogP contribution in [0.2, 0.25) is 0 Å². The number of hydrogen-bond donors (Lipinski definition) is 0. The van der Waals surface area contributed by atoms with E-state index < -0.39 is 0 Å². The van der Waals surface area contributed by atoms with Gasteiger partial charge in [-0.15, -0.1) is 0 Å². The van der Waals surface area contributed by atoms with Gasteiger partial charge in [0.15, 0.2) is 0 Å². The first-order chi connectivity index (χ1) is 9.86. The van der Waals surface area contributed by atoms with Gasteiger partial charge >= 0.3 is 0 Å². The van der Waals surface area contributed by atoms with Crippen molar-refractivity contribution in [3.8, 4) is 0 Å². The standard InChI is InChI=1S/C19H17N/c1-20-18-12-6-4-10-16(18)14-8-2-3-9-15(14)17-11-5-7-13-19(17)20/h2,4-8,10-13H,3,9H2,1H3. The molecule has 2 aliphatic rings. The fourth-order valence-corrected chi connectivity index (χ4v) is 3.34. The maximum atomic E-state index is 2.32. The summed E-state index contributed by atoms with van der Waals surface area (Å²) in [7, 11) is 2.17. The first-order valence-corrected chi connectivity index (χ1v) is 7.18. The Morgan fingerprint density at radius 2 is 1.50 bits per heavy atom. The van der Waals surface area contributed by atoms with Crippen LogP contribution in [0.3, 0.4) is 0 Å². The Balaban J connectivity index is 2.11. The molecule has 0 aromatic heterocycles. The van der Waals surface area contributed by atoms with Crippen LogP contribution < -0.4 is 4.90 Å². The zero-order chi connectivity index (χ0) is 13.5. The fraction of sp³-hybridized carbons (Fsp3) is 0.158. The number of allylic oxidation sites excluding steroid dienone is 4. The van der Waals surface area contributed by atoms with Gasteiger partial charge in [0.05, 0.1) is 0 Å². The van der Waals surface area contributed by atoms with Crippen molar-refractivity contribution >= 4 is 22.5 Å². The van der Waals surface area contributed by atoms with E-state index >= 15 is 0 Å². The number of anilines is 2. The van der Waals surface area contributed by atoms with Crippen LogP contribution in [0.5, 0.6) is 0 Å². The second-order valence-electron chi connectivity index (χ2n) is 5.43. The molecule has 1 aliphatic heterocycles. The van der Waals surface area contributed by atoms with E-state index in [1.807, 2.05) is 0 Å². The minimum absolute atomic E-state index is 1.13. The molecule has 0 spiro atoms. The lowest BCUT2D eigenvalue weighted by Crippen LogP contribution is -2.11. The summed E-state index contributed by atoms with van der Waals surface area (Å²) in [6, 6.07) is 17.5. The van der Waals surface area contributed by atoms with E-state index in [-0.39, 0.29) is 0 Å². The average Bonchev–Trinajstić information content (AvgIpc) is 2.64. The molecule has 2 aromatic rings. The van der Waals surface area contributed by atoms with Gasteiger partial charge in [-0.3, -0.25) is 0 Å². The Hall–Kier alpha value is -2.28. The predicted molar refractivity (Wildman–Crippen MR) is 86.1 cm³/mol. The van der Waals surface area contributed by atoms with Crippen LogP contribution in [-0.2, 0) is 0 Å². The summed E-state index contributed by atoms with van der Waals surface area (Å²) in [5.74, 6) is 0. The maximum absolute atomic E-state index is 2.32. The van der Waals surface area contributed by atoms with Gasteiger partial charge in [0, 0.05) is 29.5 Å². The minimum atomic E-state index is 1.13. The van der Waals surface area contributed by atoms with Gasteiger partial charge in [0.1, 0.15) is 0 Å². The average molecular weight is 259 g/mol. The van der Waals surface area contributed by atoms with Crippen molar-refractivity contribution in [1.29, 1.82) is 0 Å². The number of hydrogen-bond acceptors (Lipinski definition) is 1. The second kappa shape index (κ2) is 4.38. The molecule has 0 saturated carbocycles. The van der Waals surface area contributed by atoms with Crippen LogP contribution in [0, 0.1) is 0 Å². The van der Waals surface area contributed by atoms with E-state index in [2.05, 4.69) is 72.6 Å². The molecule has 1 heteroatoms. The molecule has 0 amide bonds. The Labute approximate surface area is 119 Å². The Kier molecular flexibility index (Phi) is 2.53. The molecule has 98 valence electrons. The summed E-state index contributed by atoms with van der Waals surface area (Å²) in [5, 5.41) is 0. The van der Waals surface area contributed by atoms with Crippen molar-refractivity contribution in [1.82, 2.24) is 0 Å². The smallest absolute Gasteiger partial charge is 0.0488 e. The molecule has 1 heterocycles. The SMILES string of the molecule is CN1c2ccccc2C2=C(CCC=C2)c2ccccc21. The van der Waals surface area contributed by atoms with Gasteiger partial charge in [-0.2, -0.15) is 0 Å². The minimum Gasteiger partial charge on any atom is -0.344 e. The summed E-state index contributed by atoms with van der Waals surface area (Å²) in [6.45, 7) is 0. The van der Waals surface area contributed by atoms with E-state index in [0.717, 1.165) is 12.8 Å². The molecule has 1 aliphatic carbocycles. The largest absolute Gasteiger partial charge is 0.344 e. The van der Waals surface area contributed by atoms with Crippen molar-refractivity contribution in [3.05, 3.63) is 71.8 Å². The Morgan fingerprint density at radius 1 is 0.850 bits per heavy atom. The molecule has 0 fully saturated rings. The molecule has 0 bridgehead atoms. The van der Waals surface area contributed by atoms with Gasteiger partial charge in [0.2, 0.25) is 0 Å². The second-order valence-corrected chi connectivity index (χ2v) is 5.43. The lowest BCUT2D eigenvalue weighted by molar-refractivity contribution is 1.06. The molecular weight excluding hydrogens is 242 g/mol. The molecule has 0 atom stereocenters. The number of fused-ring (bicyclic) bond motifs is 4. The summed E-state index contributed by atoms with van der Waals surface area (Å²) in [5.41, 5.74) is 8.20. The lowest BCUT2D eigenvalue weighted by Gasteiger charge is -2.22. The van der Waals surface area contributed by atoms with E-state index in [4.69, 9.17) is 0 Å². The number of nitrogens with zero attached hydrogens (tertiary/aromatic N) is 1. The normalized spacial score (nSPS) is 16.4. The summed E-state index contributed by atoms with van der Waals surface area (Å²) >= 11 is 0. The molecule has 0 saturated heterocycles. The van der Waals surface area contributed by atoms with Crippen molar-refractivity contribution < 1.29 is 0 Å². The van der Waals surface area contributed by atoms with Crippen LogP contribution in [-0.4, -0.2) is 7.05 Å². The van der Waals surface area contributed by atoms with Gasteiger partial charge in [0.25, 0.3) is 0 Å². The first-order valence-electron chi connectivity index (χ1n) is 7.18.